The van der Waals surface area contributed by atoms with Crippen LogP contribution in [0.4, 0.5) is 37.7 Å². The van der Waals surface area contributed by atoms with Crippen LogP contribution in [0.15, 0.2) is 102 Å². The molecule has 2 aromatic heterocycles. The monoisotopic (exact) mass is 978 g/mol. The number of hydrogen-bond acceptors (Lipinski definition) is 8. The van der Waals surface area contributed by atoms with Crippen LogP contribution in [0, 0.1) is 13.8 Å². The van der Waals surface area contributed by atoms with Crippen LogP contribution in [-0.4, -0.2) is 63.2 Å². The first kappa shape index (κ1) is 49.1. The van der Waals surface area contributed by atoms with Crippen molar-refractivity contribution in [1.82, 2.24) is 19.1 Å². The molecule has 0 fully saturated rings. The summed E-state index contributed by atoms with van der Waals surface area (Å²) in [5.41, 5.74) is 8.12. The topological polar surface area (TPSA) is 112 Å². The number of aromatic nitrogens is 4. The molecule has 7 rings (SSSR count). The van der Waals surface area contributed by atoms with Gasteiger partial charge in [-0.1, -0.05) is 35.8 Å². The average molecular weight is 980 g/mol. The van der Waals surface area contributed by atoms with Crippen molar-refractivity contribution in [3.05, 3.63) is 124 Å². The molecule has 0 bridgehead atoms. The number of methoxy groups -OCH3 is 1. The van der Waals surface area contributed by atoms with E-state index in [0.29, 0.717) is 69.1 Å². The van der Waals surface area contributed by atoms with Crippen molar-refractivity contribution in [1.29, 1.82) is 0 Å². The van der Waals surface area contributed by atoms with Gasteiger partial charge in [0.1, 0.15) is 40.9 Å². The largest absolute Gasteiger partial charge is 0.497 e. The van der Waals surface area contributed by atoms with Gasteiger partial charge in [-0.2, -0.15) is 26.3 Å². The number of halogens is 7. The molecule has 0 radical (unpaired) electrons. The molecule has 10 nitrogen and oxygen atoms in total. The molecule has 348 valence electrons. The highest BCUT2D eigenvalue weighted by atomic mass is 79.9. The summed E-state index contributed by atoms with van der Waals surface area (Å²) >= 11 is 3.42. The minimum Gasteiger partial charge on any atom is -0.497 e. The van der Waals surface area contributed by atoms with Crippen LogP contribution in [0.1, 0.15) is 84.2 Å². The molecule has 2 N–H and O–H groups in total. The highest BCUT2D eigenvalue weighted by molar-refractivity contribution is 9.10. The van der Waals surface area contributed by atoms with Crippen molar-refractivity contribution in [3.63, 3.8) is 0 Å². The second kappa shape index (κ2) is 21.3. The first-order valence-corrected chi connectivity index (χ1v) is 22.1. The van der Waals surface area contributed by atoms with Gasteiger partial charge in [0.2, 0.25) is 0 Å². The number of aryl methyl sites for hydroxylation is 2. The Labute approximate surface area is 386 Å². The van der Waals surface area contributed by atoms with Gasteiger partial charge in [0.15, 0.2) is 11.6 Å². The minimum atomic E-state index is -4.28. The van der Waals surface area contributed by atoms with E-state index in [-0.39, 0.29) is 24.7 Å². The van der Waals surface area contributed by atoms with E-state index in [1.807, 2.05) is 73.2 Å². The van der Waals surface area contributed by atoms with Gasteiger partial charge in [-0.05, 0) is 98.5 Å². The Hall–Kier alpha value is -6.36. The molecule has 0 saturated carbocycles. The fourth-order valence-electron chi connectivity index (χ4n) is 7.34. The van der Waals surface area contributed by atoms with Gasteiger partial charge in [0.05, 0.1) is 42.4 Å². The van der Waals surface area contributed by atoms with Gasteiger partial charge in [-0.25, -0.2) is 9.97 Å². The Bertz CT molecular complexity index is 2840. The van der Waals surface area contributed by atoms with Crippen LogP contribution in [0.25, 0.3) is 33.4 Å². The summed E-state index contributed by atoms with van der Waals surface area (Å²) in [7, 11) is 1.55. The van der Waals surface area contributed by atoms with E-state index in [1.54, 1.807) is 68.3 Å². The number of carbonyl (C=O) groups excluding carboxylic acids is 2. The molecule has 0 amide bonds. The van der Waals surface area contributed by atoms with Gasteiger partial charge in [0.25, 0.3) is 0 Å². The number of benzene rings is 5. The Balaban J connectivity index is 0.000000225. The van der Waals surface area contributed by atoms with Crippen LogP contribution in [-0.2, 0) is 0 Å². The van der Waals surface area contributed by atoms with Crippen LogP contribution in [0.3, 0.4) is 0 Å². The Morgan fingerprint density at radius 3 is 1.59 bits per heavy atom. The molecule has 0 spiro atoms. The van der Waals surface area contributed by atoms with Crippen molar-refractivity contribution < 1.29 is 45.4 Å². The quantitative estimate of drug-likeness (QED) is 0.0685. The standard InChI is InChI=1S/C28H28F3N3O3.C21H21BrF3N3O/c1-4-6-26(35)23-10-9-19(13-18(23)2)34-17-33-27-24(32-12-11-28(29,30)31)15-22(16-25(27)34)37-21-8-5-7-20(14-21)36-3;1-3-4-19(29)16-6-5-15(9-13(16)2)28-12-27-20-17(10-14(22)11-18(20)28)26-8-7-21(23,24)25/h5,7-10,13-17,32H,4,6,11-12H2,1-3H3;5-6,9-12,26H,3-4,7-8H2,1-2H3. The van der Waals surface area contributed by atoms with Crippen molar-refractivity contribution in [2.45, 2.75) is 78.6 Å². The molecule has 0 aliphatic carbocycles. The van der Waals surface area contributed by atoms with Crippen LogP contribution < -0.4 is 20.1 Å². The van der Waals surface area contributed by atoms with Gasteiger partial charge in [-0.15, -0.1) is 0 Å². The first-order chi connectivity index (χ1) is 31.4. The van der Waals surface area contributed by atoms with Crippen molar-refractivity contribution in [3.8, 4) is 28.6 Å². The molecule has 66 heavy (non-hydrogen) atoms. The maximum Gasteiger partial charge on any atom is 0.390 e. The number of fused-ring (bicyclic) bond motifs is 2. The number of carbonyl (C=O) groups is 2. The molecule has 2 heterocycles. The molecular weight excluding hydrogens is 930 g/mol. The van der Waals surface area contributed by atoms with Crippen LogP contribution >= 0.6 is 15.9 Å². The van der Waals surface area contributed by atoms with E-state index in [2.05, 4.69) is 36.5 Å². The maximum absolute atomic E-state index is 12.8. The van der Waals surface area contributed by atoms with E-state index in [9.17, 15) is 35.9 Å². The minimum absolute atomic E-state index is 0.0900. The molecular formula is C49H49BrF6N6O4. The zero-order valence-electron chi connectivity index (χ0n) is 37.0. The third-order valence-corrected chi connectivity index (χ3v) is 11.0. The lowest BCUT2D eigenvalue weighted by atomic mass is 10.0. The fraction of sp³-hybridized carbons (Fsp3) is 0.306. The summed E-state index contributed by atoms with van der Waals surface area (Å²) in [6.45, 7) is 7.18. The van der Waals surface area contributed by atoms with E-state index >= 15 is 0 Å². The number of alkyl halides is 6. The van der Waals surface area contributed by atoms with Gasteiger partial charge >= 0.3 is 12.4 Å². The number of ether oxygens (including phenoxy) is 2. The number of rotatable bonds is 17. The number of anilines is 2. The molecule has 7 aromatic rings. The average Bonchev–Trinajstić information content (AvgIpc) is 3.88. The number of ketones is 2. The molecule has 17 heteroatoms. The van der Waals surface area contributed by atoms with E-state index < -0.39 is 25.2 Å². The Morgan fingerprint density at radius 2 is 1.12 bits per heavy atom. The molecule has 0 aliphatic heterocycles. The first-order valence-electron chi connectivity index (χ1n) is 21.3. The zero-order chi connectivity index (χ0) is 47.8. The van der Waals surface area contributed by atoms with E-state index in [4.69, 9.17) is 9.47 Å². The number of hydrogen-bond donors (Lipinski definition) is 2. The second-order valence-electron chi connectivity index (χ2n) is 15.6. The maximum atomic E-state index is 12.8. The lowest BCUT2D eigenvalue weighted by Crippen LogP contribution is -2.14. The molecule has 5 aromatic carbocycles. The highest BCUT2D eigenvalue weighted by Gasteiger charge is 2.27. The van der Waals surface area contributed by atoms with Crippen LogP contribution in [0.5, 0.6) is 17.2 Å². The smallest absolute Gasteiger partial charge is 0.390 e. The lowest BCUT2D eigenvalue weighted by molar-refractivity contribution is -0.132. The summed E-state index contributed by atoms with van der Waals surface area (Å²) < 4.78 is 91.5. The van der Waals surface area contributed by atoms with Gasteiger partial charge < -0.3 is 20.1 Å². The molecule has 0 atom stereocenters. The lowest BCUT2D eigenvalue weighted by Gasteiger charge is -2.14. The Kier molecular flexibility index (Phi) is 15.8. The van der Waals surface area contributed by atoms with E-state index in [0.717, 1.165) is 45.3 Å². The van der Waals surface area contributed by atoms with Crippen molar-refractivity contribution in [2.75, 3.05) is 30.8 Å². The van der Waals surface area contributed by atoms with Gasteiger partial charge in [0, 0.05) is 71.1 Å². The summed E-state index contributed by atoms with van der Waals surface area (Å²) in [6, 6.07) is 25.2. The van der Waals surface area contributed by atoms with Crippen molar-refractivity contribution in [2.24, 2.45) is 0 Å². The van der Waals surface area contributed by atoms with Crippen LogP contribution in [0.2, 0.25) is 0 Å². The molecule has 0 aliphatic rings. The summed E-state index contributed by atoms with van der Waals surface area (Å²) in [6.07, 6.45) is -4.61. The molecule has 0 saturated heterocycles. The predicted octanol–water partition coefficient (Wildman–Crippen LogP) is 13.9. The summed E-state index contributed by atoms with van der Waals surface area (Å²) in [5, 5.41) is 5.69. The summed E-state index contributed by atoms with van der Waals surface area (Å²) in [5.74, 6) is 1.75. The zero-order valence-corrected chi connectivity index (χ0v) is 38.5. The summed E-state index contributed by atoms with van der Waals surface area (Å²) in [4.78, 5) is 33.5. The number of Topliss-reactive ketones (excluding diaryl/α,β-unsaturated/α-hetero) is 2. The van der Waals surface area contributed by atoms with E-state index in [1.165, 1.54) is 0 Å². The predicted molar refractivity (Wildman–Crippen MR) is 249 cm³/mol. The molecule has 0 unspecified atom stereocenters. The third-order valence-electron chi connectivity index (χ3n) is 10.5. The normalized spacial score (nSPS) is 11.6. The highest BCUT2D eigenvalue weighted by Crippen LogP contribution is 2.35. The van der Waals surface area contributed by atoms with Crippen molar-refractivity contribution >= 4 is 60.9 Å². The third kappa shape index (κ3) is 12.5. The van der Waals surface area contributed by atoms with Gasteiger partial charge in [-0.3, -0.25) is 18.7 Å². The number of imidazole rings is 2. The number of nitrogens with one attached hydrogen (secondary N) is 2. The second-order valence-corrected chi connectivity index (χ2v) is 16.5. The number of nitrogens with zero attached hydrogens (tertiary/aromatic N) is 4. The Morgan fingerprint density at radius 1 is 0.636 bits per heavy atom. The SMILES string of the molecule is CCCC(=O)c1ccc(-n2cnc3c(NCCC(F)(F)F)cc(Br)cc32)cc1C.CCCC(=O)c1ccc(-n2cnc3c(NCCC(F)(F)F)cc(Oc4cccc(OC)c4)cc32)cc1C. The fourth-order valence-corrected chi connectivity index (χ4v) is 7.78.